The average molecular weight is 101 g/mol. The monoisotopic (exact) mass is 101 g/mol. The van der Waals surface area contributed by atoms with Crippen molar-refractivity contribution in [2.45, 2.75) is 31.4 Å². The molecule has 1 aliphatic carbocycles. The molecule has 2 atom stereocenters. The molecule has 3 N–H and O–H groups in total. The number of aliphatic hydroxyl groups is 1. The molecule has 2 nitrogen and oxygen atoms in total. The van der Waals surface area contributed by atoms with Crippen molar-refractivity contribution in [2.75, 3.05) is 0 Å². The van der Waals surface area contributed by atoms with Gasteiger partial charge in [-0.2, -0.15) is 0 Å². The maximum Gasteiger partial charge on any atom is 0.0555 e. The van der Waals surface area contributed by atoms with Gasteiger partial charge in [0, 0.05) is 6.04 Å². The van der Waals surface area contributed by atoms with Gasteiger partial charge in [0.1, 0.15) is 0 Å². The van der Waals surface area contributed by atoms with Crippen LogP contribution in [0.2, 0.25) is 0 Å². The smallest absolute Gasteiger partial charge is 0.0555 e. The second kappa shape index (κ2) is 1.80. The van der Waals surface area contributed by atoms with Crippen LogP contribution in [-0.4, -0.2) is 17.3 Å². The fourth-order valence-corrected chi connectivity index (χ4v) is 0.992. The topological polar surface area (TPSA) is 46.2 Å². The van der Waals surface area contributed by atoms with Crippen LogP contribution in [0.5, 0.6) is 0 Å². The van der Waals surface area contributed by atoms with Crippen molar-refractivity contribution in [1.29, 1.82) is 0 Å². The van der Waals surface area contributed by atoms with Gasteiger partial charge in [0.25, 0.3) is 0 Å². The van der Waals surface area contributed by atoms with Crippen LogP contribution in [0.4, 0.5) is 0 Å². The van der Waals surface area contributed by atoms with Crippen LogP contribution in [0.1, 0.15) is 19.3 Å². The number of hydrogen-bond donors (Lipinski definition) is 2. The van der Waals surface area contributed by atoms with Crippen LogP contribution in [0.15, 0.2) is 0 Å². The van der Waals surface area contributed by atoms with E-state index in [2.05, 4.69) is 0 Å². The lowest BCUT2D eigenvalue weighted by molar-refractivity contribution is 0.181. The maximum atomic E-state index is 8.82. The van der Waals surface area contributed by atoms with E-state index in [1.54, 1.807) is 0 Å². The molecule has 0 bridgehead atoms. The Morgan fingerprint density at radius 1 is 1.43 bits per heavy atom. The van der Waals surface area contributed by atoms with Gasteiger partial charge >= 0.3 is 0 Å². The van der Waals surface area contributed by atoms with Crippen molar-refractivity contribution in [1.82, 2.24) is 0 Å². The third kappa shape index (κ3) is 1.14. The predicted molar refractivity (Wildman–Crippen MR) is 27.8 cm³/mol. The van der Waals surface area contributed by atoms with Gasteiger partial charge in [-0.05, 0) is 19.3 Å². The van der Waals surface area contributed by atoms with Gasteiger partial charge in [0.05, 0.1) is 6.10 Å². The maximum absolute atomic E-state index is 8.82. The molecule has 2 heteroatoms. The minimum atomic E-state index is -0.102. The van der Waals surface area contributed by atoms with Crippen molar-refractivity contribution >= 4 is 0 Å². The summed E-state index contributed by atoms with van der Waals surface area (Å²) >= 11 is 0. The van der Waals surface area contributed by atoms with Gasteiger partial charge in [0.15, 0.2) is 0 Å². The van der Waals surface area contributed by atoms with Crippen LogP contribution >= 0.6 is 0 Å². The number of nitrogens with two attached hydrogens (primary N) is 1. The number of rotatable bonds is 0. The molecule has 0 heterocycles. The highest BCUT2D eigenvalue weighted by molar-refractivity contribution is 4.76. The zero-order valence-corrected chi connectivity index (χ0v) is 4.30. The van der Waals surface area contributed by atoms with E-state index in [0.717, 1.165) is 19.3 Å². The summed E-state index contributed by atoms with van der Waals surface area (Å²) in [7, 11) is 0. The van der Waals surface area contributed by atoms with Crippen molar-refractivity contribution in [3.8, 4) is 0 Å². The molecule has 1 saturated carbocycles. The second-order valence-corrected chi connectivity index (χ2v) is 2.23. The van der Waals surface area contributed by atoms with Crippen molar-refractivity contribution < 1.29 is 5.11 Å². The Balaban J connectivity index is 2.26. The van der Waals surface area contributed by atoms with Gasteiger partial charge in [-0.15, -0.1) is 0 Å². The highest BCUT2D eigenvalue weighted by Crippen LogP contribution is 2.15. The molecule has 0 saturated heterocycles. The third-order valence-corrected chi connectivity index (χ3v) is 1.45. The first kappa shape index (κ1) is 5.06. The molecule has 1 aliphatic rings. The fourth-order valence-electron chi connectivity index (χ4n) is 0.992. The SMILES string of the molecule is N[C@H]1CC[C@H](O)C1. The molecule has 0 radical (unpaired) electrons. The molecule has 42 valence electrons. The molecule has 0 spiro atoms. The van der Waals surface area contributed by atoms with Crippen LogP contribution in [0.25, 0.3) is 0 Å². The molecule has 0 aromatic carbocycles. The summed E-state index contributed by atoms with van der Waals surface area (Å²) in [5.74, 6) is 0. The summed E-state index contributed by atoms with van der Waals surface area (Å²) in [6.07, 6.45) is 2.61. The quantitative estimate of drug-likeness (QED) is 0.446. The zero-order valence-electron chi connectivity index (χ0n) is 4.30. The molecule has 1 rings (SSSR count). The Labute approximate surface area is 43.3 Å². The van der Waals surface area contributed by atoms with Crippen molar-refractivity contribution in [3.63, 3.8) is 0 Å². The minimum Gasteiger partial charge on any atom is -0.393 e. The largest absolute Gasteiger partial charge is 0.393 e. The van der Waals surface area contributed by atoms with E-state index in [0.29, 0.717) is 0 Å². The first-order valence-corrected chi connectivity index (χ1v) is 2.72. The molecule has 1 fully saturated rings. The lowest BCUT2D eigenvalue weighted by Crippen LogP contribution is -2.15. The van der Waals surface area contributed by atoms with E-state index >= 15 is 0 Å². The lowest BCUT2D eigenvalue weighted by atomic mass is 10.3. The summed E-state index contributed by atoms with van der Waals surface area (Å²) in [5.41, 5.74) is 5.47. The van der Waals surface area contributed by atoms with Gasteiger partial charge in [-0.1, -0.05) is 0 Å². The Kier molecular flexibility index (Phi) is 1.30. The minimum absolute atomic E-state index is 0.102. The summed E-state index contributed by atoms with van der Waals surface area (Å²) in [6, 6.07) is 0.273. The first-order chi connectivity index (χ1) is 3.29. The Morgan fingerprint density at radius 3 is 2.29 bits per heavy atom. The Bertz CT molecular complexity index is 57.1. The van der Waals surface area contributed by atoms with Gasteiger partial charge < -0.3 is 10.8 Å². The van der Waals surface area contributed by atoms with E-state index in [-0.39, 0.29) is 12.1 Å². The summed E-state index contributed by atoms with van der Waals surface area (Å²) in [4.78, 5) is 0. The van der Waals surface area contributed by atoms with E-state index in [1.165, 1.54) is 0 Å². The van der Waals surface area contributed by atoms with E-state index in [4.69, 9.17) is 10.8 Å². The number of aliphatic hydroxyl groups excluding tert-OH is 1. The zero-order chi connectivity index (χ0) is 5.28. The average Bonchev–Trinajstić information content (AvgIpc) is 1.87. The Morgan fingerprint density at radius 2 is 2.14 bits per heavy atom. The van der Waals surface area contributed by atoms with Gasteiger partial charge in [-0.25, -0.2) is 0 Å². The summed E-state index contributed by atoms with van der Waals surface area (Å²) in [5, 5.41) is 8.82. The van der Waals surface area contributed by atoms with E-state index in [1.807, 2.05) is 0 Å². The van der Waals surface area contributed by atoms with E-state index < -0.39 is 0 Å². The molecule has 0 aliphatic heterocycles. The van der Waals surface area contributed by atoms with Crippen molar-refractivity contribution in [3.05, 3.63) is 0 Å². The number of hydrogen-bond acceptors (Lipinski definition) is 2. The second-order valence-electron chi connectivity index (χ2n) is 2.23. The highest BCUT2D eigenvalue weighted by Gasteiger charge is 2.18. The molecular formula is C5H11NO. The van der Waals surface area contributed by atoms with Gasteiger partial charge in [0.2, 0.25) is 0 Å². The van der Waals surface area contributed by atoms with E-state index in [9.17, 15) is 0 Å². The molecule has 7 heavy (non-hydrogen) atoms. The standard InChI is InChI=1S/C5H11NO/c6-4-1-2-5(7)3-4/h4-5,7H,1-3,6H2/t4-,5-/m0/s1. The van der Waals surface area contributed by atoms with Crippen LogP contribution in [0.3, 0.4) is 0 Å². The van der Waals surface area contributed by atoms with Crippen molar-refractivity contribution in [2.24, 2.45) is 5.73 Å². The fraction of sp³-hybridized carbons (Fsp3) is 1.00. The highest BCUT2D eigenvalue weighted by atomic mass is 16.3. The summed E-state index contributed by atoms with van der Waals surface area (Å²) < 4.78 is 0. The first-order valence-electron chi connectivity index (χ1n) is 2.72. The predicted octanol–water partition coefficient (Wildman–Crippen LogP) is -0.142. The molecule has 0 aromatic heterocycles. The third-order valence-electron chi connectivity index (χ3n) is 1.45. The molecular weight excluding hydrogens is 90.1 g/mol. The lowest BCUT2D eigenvalue weighted by Gasteiger charge is -1.96. The molecule has 0 amide bonds. The van der Waals surface area contributed by atoms with Crippen LogP contribution in [-0.2, 0) is 0 Å². The molecule has 0 unspecified atom stereocenters. The Hall–Kier alpha value is -0.0800. The normalized spacial score (nSPS) is 42.0. The van der Waals surface area contributed by atoms with Crippen LogP contribution in [0, 0.1) is 0 Å². The van der Waals surface area contributed by atoms with Crippen LogP contribution < -0.4 is 5.73 Å². The summed E-state index contributed by atoms with van der Waals surface area (Å²) in [6.45, 7) is 0. The van der Waals surface area contributed by atoms with Gasteiger partial charge in [-0.3, -0.25) is 0 Å². The molecule has 0 aromatic rings.